The van der Waals surface area contributed by atoms with Crippen LogP contribution in [0.25, 0.3) is 0 Å². The number of ether oxygens (including phenoxy) is 1. The van der Waals surface area contributed by atoms with E-state index < -0.39 is 5.54 Å². The predicted molar refractivity (Wildman–Crippen MR) is 155 cm³/mol. The predicted octanol–water partition coefficient (Wildman–Crippen LogP) is 5.80. The third-order valence-corrected chi connectivity index (χ3v) is 8.87. The van der Waals surface area contributed by atoms with Gasteiger partial charge in [-0.2, -0.15) is 0 Å². The number of carbonyl (C=O) groups is 2. The van der Waals surface area contributed by atoms with Gasteiger partial charge in [-0.1, -0.05) is 44.2 Å². The summed E-state index contributed by atoms with van der Waals surface area (Å²) in [6.07, 6.45) is 12.4. The van der Waals surface area contributed by atoms with E-state index in [4.69, 9.17) is 4.74 Å². The number of amides is 2. The van der Waals surface area contributed by atoms with Gasteiger partial charge in [0.05, 0.1) is 5.54 Å². The molecule has 0 radical (unpaired) electrons. The highest BCUT2D eigenvalue weighted by atomic mass is 19.1. The van der Waals surface area contributed by atoms with Gasteiger partial charge in [0.2, 0.25) is 11.8 Å². The van der Waals surface area contributed by atoms with Crippen LogP contribution in [-0.2, 0) is 19.9 Å². The van der Waals surface area contributed by atoms with Crippen molar-refractivity contribution in [1.82, 2.24) is 15.5 Å². The number of hydrogen-bond donors (Lipinski definition) is 2. The first kappa shape index (κ1) is 31.5. The van der Waals surface area contributed by atoms with Crippen molar-refractivity contribution in [3.63, 3.8) is 0 Å². The molecule has 2 amide bonds. The van der Waals surface area contributed by atoms with Gasteiger partial charge in [-0.05, 0) is 88.6 Å². The van der Waals surface area contributed by atoms with Crippen molar-refractivity contribution in [1.29, 1.82) is 0 Å². The van der Waals surface area contributed by atoms with E-state index in [-0.39, 0.29) is 23.5 Å². The number of hydrogen-bond acceptors (Lipinski definition) is 4. The first-order chi connectivity index (χ1) is 18.9. The zero-order chi connectivity index (χ0) is 28.1. The van der Waals surface area contributed by atoms with Crippen molar-refractivity contribution in [2.75, 3.05) is 39.9 Å². The SMILES string of the molecule is CCOCCCC[C@@](NC(C)=O)(c1cccc(F)c1)[C@@H]1CCCN(C(=O)C[C@H](CNC)CC2CCCCC2)C1. The standard InChI is InChI=1S/C32H52FN3O3/c1-4-39-19-9-8-17-32(35-25(2)37,28-14-10-16-30(33)22-28)29-15-11-18-36(24-29)31(38)21-27(23-34-3)20-26-12-6-5-7-13-26/h10,14,16,22,26-27,29,34H,4-9,11-13,15,17-21,23-24H2,1-3H3,(H,35,37)/t27-,29-,32-/m1/s1. The minimum absolute atomic E-state index is 0.00841. The van der Waals surface area contributed by atoms with Crippen LogP contribution in [-0.4, -0.2) is 56.6 Å². The Balaban J connectivity index is 1.78. The lowest BCUT2D eigenvalue weighted by Crippen LogP contribution is -2.56. The van der Waals surface area contributed by atoms with Crippen molar-refractivity contribution in [2.45, 2.75) is 96.4 Å². The van der Waals surface area contributed by atoms with Gasteiger partial charge < -0.3 is 20.3 Å². The summed E-state index contributed by atoms with van der Waals surface area (Å²) >= 11 is 0. The zero-order valence-electron chi connectivity index (χ0n) is 24.6. The van der Waals surface area contributed by atoms with Gasteiger partial charge >= 0.3 is 0 Å². The number of nitrogens with zero attached hydrogens (tertiary/aromatic N) is 1. The molecule has 3 rings (SSSR count). The van der Waals surface area contributed by atoms with Gasteiger partial charge in [0.25, 0.3) is 0 Å². The third-order valence-electron chi connectivity index (χ3n) is 8.87. The third kappa shape index (κ3) is 9.56. The van der Waals surface area contributed by atoms with Gasteiger partial charge in [0, 0.05) is 45.6 Å². The molecular weight excluding hydrogens is 493 g/mol. The summed E-state index contributed by atoms with van der Waals surface area (Å²) in [6.45, 7) is 7.05. The molecule has 3 atom stereocenters. The van der Waals surface area contributed by atoms with Gasteiger partial charge in [0.1, 0.15) is 5.82 Å². The summed E-state index contributed by atoms with van der Waals surface area (Å²) in [7, 11) is 1.97. The first-order valence-electron chi connectivity index (χ1n) is 15.4. The Hall–Kier alpha value is -1.99. The smallest absolute Gasteiger partial charge is 0.222 e. The van der Waals surface area contributed by atoms with Crippen molar-refractivity contribution in [2.24, 2.45) is 17.8 Å². The molecule has 2 aliphatic rings. The number of likely N-dealkylation sites (tertiary alicyclic amines) is 1. The van der Waals surface area contributed by atoms with E-state index in [1.807, 2.05) is 24.9 Å². The maximum Gasteiger partial charge on any atom is 0.222 e. The number of benzene rings is 1. The molecule has 1 aromatic rings. The molecule has 7 heteroatoms. The Morgan fingerprint density at radius 2 is 1.95 bits per heavy atom. The molecule has 1 aromatic carbocycles. The van der Waals surface area contributed by atoms with E-state index in [0.29, 0.717) is 38.5 Å². The van der Waals surface area contributed by atoms with Crippen LogP contribution in [0, 0.1) is 23.6 Å². The Morgan fingerprint density at radius 1 is 1.15 bits per heavy atom. The van der Waals surface area contributed by atoms with Crippen molar-refractivity contribution in [3.8, 4) is 0 Å². The molecule has 1 aliphatic carbocycles. The van der Waals surface area contributed by atoms with Crippen LogP contribution in [0.2, 0.25) is 0 Å². The van der Waals surface area contributed by atoms with E-state index in [9.17, 15) is 14.0 Å². The normalized spacial score (nSPS) is 20.8. The van der Waals surface area contributed by atoms with Gasteiger partial charge in [-0.25, -0.2) is 4.39 Å². The number of halogens is 1. The summed E-state index contributed by atoms with van der Waals surface area (Å²) in [5, 5.41) is 6.60. The number of piperidine rings is 1. The van der Waals surface area contributed by atoms with E-state index in [1.165, 1.54) is 45.1 Å². The fraction of sp³-hybridized carbons (Fsp3) is 0.750. The Bertz CT molecular complexity index is 891. The van der Waals surface area contributed by atoms with Crippen LogP contribution in [0.3, 0.4) is 0 Å². The molecule has 2 N–H and O–H groups in total. The van der Waals surface area contributed by atoms with Crippen LogP contribution in [0.1, 0.15) is 96.5 Å². The minimum atomic E-state index is -0.731. The van der Waals surface area contributed by atoms with Crippen LogP contribution in [0.5, 0.6) is 0 Å². The van der Waals surface area contributed by atoms with Gasteiger partial charge in [0.15, 0.2) is 0 Å². The van der Waals surface area contributed by atoms with E-state index >= 15 is 0 Å². The van der Waals surface area contributed by atoms with E-state index in [2.05, 4.69) is 10.6 Å². The maximum absolute atomic E-state index is 14.5. The molecule has 1 heterocycles. The van der Waals surface area contributed by atoms with Crippen LogP contribution in [0.15, 0.2) is 24.3 Å². The fourth-order valence-electron chi connectivity index (χ4n) is 7.06. The van der Waals surface area contributed by atoms with Crippen molar-refractivity contribution >= 4 is 11.8 Å². The Morgan fingerprint density at radius 3 is 2.64 bits per heavy atom. The van der Waals surface area contributed by atoms with Crippen molar-refractivity contribution in [3.05, 3.63) is 35.6 Å². The molecule has 0 bridgehead atoms. The highest BCUT2D eigenvalue weighted by Gasteiger charge is 2.43. The largest absolute Gasteiger partial charge is 0.382 e. The molecule has 0 unspecified atom stereocenters. The van der Waals surface area contributed by atoms with Gasteiger partial charge in [-0.15, -0.1) is 0 Å². The van der Waals surface area contributed by atoms with Crippen LogP contribution in [0.4, 0.5) is 4.39 Å². The molecule has 2 fully saturated rings. The van der Waals surface area contributed by atoms with Crippen LogP contribution < -0.4 is 10.6 Å². The molecule has 39 heavy (non-hydrogen) atoms. The minimum Gasteiger partial charge on any atom is -0.382 e. The molecule has 0 spiro atoms. The Kier molecular flexibility index (Phi) is 13.2. The number of nitrogens with one attached hydrogen (secondary N) is 2. The summed E-state index contributed by atoms with van der Waals surface area (Å²) in [5.41, 5.74) is 0.0599. The molecule has 1 saturated heterocycles. The summed E-state index contributed by atoms with van der Waals surface area (Å²) in [5.74, 6) is 0.855. The average molecular weight is 546 g/mol. The van der Waals surface area contributed by atoms with Gasteiger partial charge in [-0.3, -0.25) is 9.59 Å². The second-order valence-corrected chi connectivity index (χ2v) is 11.9. The van der Waals surface area contributed by atoms with Crippen molar-refractivity contribution < 1.29 is 18.7 Å². The molecule has 220 valence electrons. The molecule has 0 aromatic heterocycles. The monoisotopic (exact) mass is 545 g/mol. The molecule has 1 saturated carbocycles. The lowest BCUT2D eigenvalue weighted by molar-refractivity contribution is -0.135. The van der Waals surface area contributed by atoms with E-state index in [1.54, 1.807) is 12.1 Å². The Labute approximate surface area is 235 Å². The quantitative estimate of drug-likeness (QED) is 0.273. The lowest BCUT2D eigenvalue weighted by Gasteiger charge is -2.47. The average Bonchev–Trinajstić information content (AvgIpc) is 2.93. The number of unbranched alkanes of at least 4 members (excludes halogenated alkanes) is 1. The summed E-state index contributed by atoms with van der Waals surface area (Å²) < 4.78 is 20.1. The highest BCUT2D eigenvalue weighted by molar-refractivity contribution is 5.77. The van der Waals surface area contributed by atoms with E-state index in [0.717, 1.165) is 56.7 Å². The second kappa shape index (κ2) is 16.3. The highest BCUT2D eigenvalue weighted by Crippen LogP contribution is 2.40. The topological polar surface area (TPSA) is 70.7 Å². The first-order valence-corrected chi connectivity index (χ1v) is 15.4. The summed E-state index contributed by atoms with van der Waals surface area (Å²) in [4.78, 5) is 28.3. The lowest BCUT2D eigenvalue weighted by atomic mass is 9.71. The second-order valence-electron chi connectivity index (χ2n) is 11.9. The molecule has 1 aliphatic heterocycles. The fourth-order valence-corrected chi connectivity index (χ4v) is 7.06. The zero-order valence-corrected chi connectivity index (χ0v) is 24.6. The number of rotatable bonds is 15. The summed E-state index contributed by atoms with van der Waals surface area (Å²) in [6, 6.07) is 6.66. The molecular formula is C32H52FN3O3. The molecule has 6 nitrogen and oxygen atoms in total. The maximum atomic E-state index is 14.5. The van der Waals surface area contributed by atoms with Crippen LogP contribution >= 0.6 is 0 Å². The number of carbonyl (C=O) groups excluding carboxylic acids is 2.